The smallest absolute Gasteiger partial charge is 0.231 e. The maximum atomic E-state index is 12.1. The van der Waals surface area contributed by atoms with Crippen LogP contribution < -0.4 is 10.6 Å². The predicted octanol–water partition coefficient (Wildman–Crippen LogP) is 1.64. The summed E-state index contributed by atoms with van der Waals surface area (Å²) in [6.45, 7) is 3.88. The quantitative estimate of drug-likeness (QED) is 0.807. The van der Waals surface area contributed by atoms with Gasteiger partial charge in [0.1, 0.15) is 0 Å². The highest BCUT2D eigenvalue weighted by Gasteiger charge is 2.20. The highest BCUT2D eigenvalue weighted by atomic mass is 35.5. The third-order valence-corrected chi connectivity index (χ3v) is 3.88. The average Bonchev–Trinajstić information content (AvgIpc) is 3.05. The third-order valence-electron chi connectivity index (χ3n) is 3.88. The molecule has 1 aromatic carbocycles. The number of rotatable bonds is 6. The van der Waals surface area contributed by atoms with Crippen LogP contribution in [0.15, 0.2) is 34.9 Å². The van der Waals surface area contributed by atoms with Gasteiger partial charge < -0.3 is 19.9 Å². The van der Waals surface area contributed by atoms with Crippen LogP contribution in [0.1, 0.15) is 36.7 Å². The number of halogens is 1. The van der Waals surface area contributed by atoms with E-state index in [2.05, 4.69) is 20.8 Å². The van der Waals surface area contributed by atoms with Crippen molar-refractivity contribution in [2.75, 3.05) is 19.8 Å². The predicted molar refractivity (Wildman–Crippen MR) is 94.6 cm³/mol. The lowest BCUT2D eigenvalue weighted by Crippen LogP contribution is -2.44. The van der Waals surface area contributed by atoms with Crippen LogP contribution in [-0.4, -0.2) is 41.8 Å². The Morgan fingerprint density at radius 2 is 2.20 bits per heavy atom. The summed E-state index contributed by atoms with van der Waals surface area (Å²) < 4.78 is 10.6. The van der Waals surface area contributed by atoms with E-state index in [1.807, 2.05) is 37.3 Å². The number of nitrogens with one attached hydrogen (secondary N) is 2. The lowest BCUT2D eigenvalue weighted by molar-refractivity contribution is -0.123. The first-order valence-electron chi connectivity index (χ1n) is 8.17. The normalized spacial score (nSPS) is 18.2. The van der Waals surface area contributed by atoms with Crippen LogP contribution in [-0.2, 0) is 16.0 Å². The van der Waals surface area contributed by atoms with Crippen LogP contribution in [0.5, 0.6) is 0 Å². The number of morpholine rings is 1. The van der Waals surface area contributed by atoms with Gasteiger partial charge in [-0.25, -0.2) is 0 Å². The molecule has 1 amide bonds. The number of hydrogen-bond acceptors (Lipinski definition) is 6. The second kappa shape index (κ2) is 9.50. The maximum absolute atomic E-state index is 12.1. The van der Waals surface area contributed by atoms with Gasteiger partial charge in [0.15, 0.2) is 5.82 Å². The number of hydrogen-bond donors (Lipinski definition) is 2. The van der Waals surface area contributed by atoms with Gasteiger partial charge in [0.05, 0.1) is 25.7 Å². The first kappa shape index (κ1) is 19.4. The Hall–Kier alpha value is -1.96. The topological polar surface area (TPSA) is 89.3 Å². The van der Waals surface area contributed by atoms with Gasteiger partial charge in [0.25, 0.3) is 0 Å². The summed E-state index contributed by atoms with van der Waals surface area (Å²) in [5.41, 5.74) is 1.10. The molecular formula is C17H23ClN4O3. The van der Waals surface area contributed by atoms with E-state index in [4.69, 9.17) is 9.26 Å². The zero-order valence-corrected chi connectivity index (χ0v) is 14.9. The molecule has 1 aliphatic heterocycles. The largest absolute Gasteiger partial charge is 0.378 e. The van der Waals surface area contributed by atoms with E-state index in [-0.39, 0.29) is 30.4 Å². The summed E-state index contributed by atoms with van der Waals surface area (Å²) in [4.78, 5) is 16.5. The van der Waals surface area contributed by atoms with Crippen LogP contribution in [0.4, 0.5) is 0 Å². The van der Waals surface area contributed by atoms with Crippen molar-refractivity contribution in [1.82, 2.24) is 20.8 Å². The third kappa shape index (κ3) is 5.81. The first-order chi connectivity index (χ1) is 11.7. The lowest BCUT2D eigenvalue weighted by Gasteiger charge is -2.23. The van der Waals surface area contributed by atoms with Gasteiger partial charge in [0.2, 0.25) is 11.8 Å². The first-order valence-corrected chi connectivity index (χ1v) is 8.17. The number of aromatic nitrogens is 2. The van der Waals surface area contributed by atoms with E-state index in [9.17, 15) is 4.79 Å². The molecule has 7 nitrogen and oxygen atoms in total. The number of ether oxygens (including phenoxy) is 1. The standard InChI is InChI=1S/C17H22N4O3.ClH/c1-12(19-15(22)10-14-11-23-8-7-18-14)17-20-16(24-21-17)9-13-5-3-2-4-6-13;/h2-6,12,14,18H,7-11H2,1H3,(H,19,22);1H. The fraction of sp³-hybridized carbons (Fsp3) is 0.471. The average molecular weight is 367 g/mol. The van der Waals surface area contributed by atoms with Gasteiger partial charge in [-0.2, -0.15) is 4.98 Å². The van der Waals surface area contributed by atoms with E-state index in [0.29, 0.717) is 37.8 Å². The fourth-order valence-electron chi connectivity index (χ4n) is 2.63. The molecule has 0 aliphatic carbocycles. The Morgan fingerprint density at radius 1 is 1.40 bits per heavy atom. The van der Waals surface area contributed by atoms with Crippen LogP contribution in [0.2, 0.25) is 0 Å². The van der Waals surface area contributed by atoms with Gasteiger partial charge in [-0.15, -0.1) is 12.4 Å². The molecule has 2 N–H and O–H groups in total. The Morgan fingerprint density at radius 3 is 2.92 bits per heavy atom. The molecule has 1 aliphatic rings. The van der Waals surface area contributed by atoms with Gasteiger partial charge in [-0.1, -0.05) is 35.5 Å². The number of carbonyl (C=O) groups excluding carboxylic acids is 1. The SMILES string of the molecule is CC(NC(=O)CC1COCCN1)c1noc(Cc2ccccc2)n1.Cl. The molecule has 25 heavy (non-hydrogen) atoms. The summed E-state index contributed by atoms with van der Waals surface area (Å²) >= 11 is 0. The minimum absolute atomic E-state index is 0. The molecule has 0 spiro atoms. The highest BCUT2D eigenvalue weighted by molar-refractivity contribution is 5.85. The molecule has 1 fully saturated rings. The molecule has 2 atom stereocenters. The van der Waals surface area contributed by atoms with Crippen molar-refractivity contribution in [3.63, 3.8) is 0 Å². The van der Waals surface area contributed by atoms with E-state index in [1.165, 1.54) is 0 Å². The molecule has 0 saturated carbocycles. The fourth-order valence-corrected chi connectivity index (χ4v) is 2.63. The van der Waals surface area contributed by atoms with Crippen molar-refractivity contribution >= 4 is 18.3 Å². The van der Waals surface area contributed by atoms with Crippen LogP contribution in [0, 0.1) is 0 Å². The summed E-state index contributed by atoms with van der Waals surface area (Å²) in [5, 5.41) is 10.1. The van der Waals surface area contributed by atoms with E-state index in [0.717, 1.165) is 12.1 Å². The minimum atomic E-state index is -0.296. The second-order valence-electron chi connectivity index (χ2n) is 5.93. The minimum Gasteiger partial charge on any atom is -0.378 e. The van der Waals surface area contributed by atoms with Crippen LogP contribution in [0.25, 0.3) is 0 Å². The zero-order valence-electron chi connectivity index (χ0n) is 14.1. The van der Waals surface area contributed by atoms with Crippen LogP contribution >= 0.6 is 12.4 Å². The molecule has 8 heteroatoms. The highest BCUT2D eigenvalue weighted by Crippen LogP contribution is 2.12. The van der Waals surface area contributed by atoms with Crippen molar-refractivity contribution < 1.29 is 14.1 Å². The number of amides is 1. The molecule has 3 rings (SSSR count). The van der Waals surface area contributed by atoms with Gasteiger partial charge in [-0.3, -0.25) is 4.79 Å². The molecule has 0 radical (unpaired) electrons. The number of benzene rings is 1. The number of nitrogens with zero attached hydrogens (tertiary/aromatic N) is 2. The summed E-state index contributed by atoms with van der Waals surface area (Å²) in [5.74, 6) is 0.974. The van der Waals surface area contributed by atoms with Crippen molar-refractivity contribution in [2.24, 2.45) is 0 Å². The lowest BCUT2D eigenvalue weighted by atomic mass is 10.1. The van der Waals surface area contributed by atoms with E-state index in [1.54, 1.807) is 0 Å². The van der Waals surface area contributed by atoms with E-state index >= 15 is 0 Å². The molecular weight excluding hydrogens is 344 g/mol. The van der Waals surface area contributed by atoms with Crippen molar-refractivity contribution in [3.8, 4) is 0 Å². The molecule has 2 unspecified atom stereocenters. The molecule has 136 valence electrons. The van der Waals surface area contributed by atoms with Crippen molar-refractivity contribution in [2.45, 2.75) is 31.8 Å². The Bertz CT molecular complexity index is 659. The molecule has 1 saturated heterocycles. The summed E-state index contributed by atoms with van der Waals surface area (Å²) in [7, 11) is 0. The van der Waals surface area contributed by atoms with Crippen LogP contribution in [0.3, 0.4) is 0 Å². The van der Waals surface area contributed by atoms with Gasteiger partial charge >= 0.3 is 0 Å². The Labute approximate surface area is 152 Å². The Kier molecular flexibility index (Phi) is 7.36. The number of carbonyl (C=O) groups is 1. The molecule has 2 heterocycles. The summed E-state index contributed by atoms with van der Waals surface area (Å²) in [6.07, 6.45) is 0.955. The van der Waals surface area contributed by atoms with Crippen molar-refractivity contribution in [1.29, 1.82) is 0 Å². The zero-order chi connectivity index (χ0) is 16.8. The monoisotopic (exact) mass is 366 g/mol. The molecule has 1 aromatic heterocycles. The summed E-state index contributed by atoms with van der Waals surface area (Å²) in [6, 6.07) is 9.69. The molecule has 0 bridgehead atoms. The second-order valence-corrected chi connectivity index (χ2v) is 5.93. The van der Waals surface area contributed by atoms with Gasteiger partial charge in [-0.05, 0) is 12.5 Å². The van der Waals surface area contributed by atoms with E-state index < -0.39 is 0 Å². The van der Waals surface area contributed by atoms with Gasteiger partial charge in [0, 0.05) is 19.0 Å². The maximum Gasteiger partial charge on any atom is 0.231 e. The molecule has 2 aromatic rings. The van der Waals surface area contributed by atoms with Crippen molar-refractivity contribution in [3.05, 3.63) is 47.6 Å². The Balaban J connectivity index is 0.00000225.